The van der Waals surface area contributed by atoms with Gasteiger partial charge in [0.2, 0.25) is 0 Å². The monoisotopic (exact) mass is 314 g/mol. The molecule has 0 saturated carbocycles. The number of nitro benzene ring substituents is 1. The van der Waals surface area contributed by atoms with Gasteiger partial charge in [-0.2, -0.15) is 5.10 Å². The Balaban J connectivity index is 1.57. The summed E-state index contributed by atoms with van der Waals surface area (Å²) in [5, 5.41) is 15.3. The zero-order valence-corrected chi connectivity index (χ0v) is 13.4. The van der Waals surface area contributed by atoms with E-state index >= 15 is 0 Å². The van der Waals surface area contributed by atoms with E-state index in [-0.39, 0.29) is 10.6 Å². The van der Waals surface area contributed by atoms with E-state index in [9.17, 15) is 10.1 Å². The molecule has 1 aromatic heterocycles. The molecule has 0 atom stereocenters. The molecule has 6 nitrogen and oxygen atoms in total. The zero-order valence-electron chi connectivity index (χ0n) is 13.4. The number of aromatic nitrogens is 2. The van der Waals surface area contributed by atoms with Crippen molar-refractivity contribution >= 4 is 5.69 Å². The van der Waals surface area contributed by atoms with Gasteiger partial charge >= 0.3 is 0 Å². The topological polar surface area (TPSA) is 64.2 Å². The van der Waals surface area contributed by atoms with Crippen molar-refractivity contribution in [3.05, 3.63) is 57.9 Å². The SMILES string of the molecule is Cc1c(CN2CCC(Cn3cccn3)CC2)cccc1[N+](=O)[O-]. The van der Waals surface area contributed by atoms with Crippen molar-refractivity contribution in [1.29, 1.82) is 0 Å². The number of hydrogen-bond acceptors (Lipinski definition) is 4. The van der Waals surface area contributed by atoms with Crippen molar-refractivity contribution in [2.24, 2.45) is 5.92 Å². The van der Waals surface area contributed by atoms with E-state index in [2.05, 4.69) is 10.00 Å². The minimum atomic E-state index is -0.296. The largest absolute Gasteiger partial charge is 0.299 e. The third-order valence-corrected chi connectivity index (χ3v) is 4.72. The lowest BCUT2D eigenvalue weighted by atomic mass is 9.96. The van der Waals surface area contributed by atoms with Crippen LogP contribution >= 0.6 is 0 Å². The van der Waals surface area contributed by atoms with Crippen LogP contribution in [0.25, 0.3) is 0 Å². The highest BCUT2D eigenvalue weighted by molar-refractivity contribution is 5.44. The van der Waals surface area contributed by atoms with Gasteiger partial charge < -0.3 is 0 Å². The Kier molecular flexibility index (Phi) is 4.71. The van der Waals surface area contributed by atoms with Gasteiger partial charge in [-0.25, -0.2) is 0 Å². The summed E-state index contributed by atoms with van der Waals surface area (Å²) in [7, 11) is 0. The average Bonchev–Trinajstić information content (AvgIpc) is 3.04. The van der Waals surface area contributed by atoms with Crippen LogP contribution in [0.3, 0.4) is 0 Å². The summed E-state index contributed by atoms with van der Waals surface area (Å²) < 4.78 is 2.00. The van der Waals surface area contributed by atoms with E-state index in [1.165, 1.54) is 0 Å². The van der Waals surface area contributed by atoms with Gasteiger partial charge in [-0.05, 0) is 50.4 Å². The molecule has 23 heavy (non-hydrogen) atoms. The molecule has 0 amide bonds. The van der Waals surface area contributed by atoms with E-state index in [1.807, 2.05) is 36.1 Å². The summed E-state index contributed by atoms with van der Waals surface area (Å²) in [5.41, 5.74) is 2.07. The zero-order chi connectivity index (χ0) is 16.2. The first-order valence-electron chi connectivity index (χ1n) is 8.06. The number of likely N-dealkylation sites (tertiary alicyclic amines) is 1. The van der Waals surface area contributed by atoms with Gasteiger partial charge in [0.1, 0.15) is 0 Å². The van der Waals surface area contributed by atoms with E-state index in [4.69, 9.17) is 0 Å². The molecule has 1 aliphatic rings. The second-order valence-corrected chi connectivity index (χ2v) is 6.27. The van der Waals surface area contributed by atoms with Crippen LogP contribution in [-0.4, -0.2) is 32.7 Å². The highest BCUT2D eigenvalue weighted by Crippen LogP contribution is 2.25. The Bertz CT molecular complexity index is 661. The summed E-state index contributed by atoms with van der Waals surface area (Å²) in [4.78, 5) is 13.1. The third kappa shape index (κ3) is 3.76. The number of benzene rings is 1. The molecule has 0 radical (unpaired) electrons. The van der Waals surface area contributed by atoms with Crippen LogP contribution in [0.4, 0.5) is 5.69 Å². The smallest absolute Gasteiger partial charge is 0.272 e. The van der Waals surface area contributed by atoms with E-state index < -0.39 is 0 Å². The summed E-state index contributed by atoms with van der Waals surface area (Å²) in [6.07, 6.45) is 6.13. The number of nitro groups is 1. The molecule has 2 heterocycles. The number of hydrogen-bond donors (Lipinski definition) is 0. The molecule has 2 aromatic rings. The standard InChI is InChI=1S/C17H22N4O2/c1-14-16(4-2-5-17(14)21(22)23)13-19-10-6-15(7-11-19)12-20-9-3-8-18-20/h2-5,8-9,15H,6-7,10-13H2,1H3. The molecular weight excluding hydrogens is 292 g/mol. The van der Waals surface area contributed by atoms with Crippen molar-refractivity contribution < 1.29 is 4.92 Å². The molecule has 1 fully saturated rings. The van der Waals surface area contributed by atoms with Crippen molar-refractivity contribution in [1.82, 2.24) is 14.7 Å². The number of piperidine rings is 1. The predicted octanol–water partition coefficient (Wildman–Crippen LogP) is 3.01. The molecule has 3 rings (SSSR count). The van der Waals surface area contributed by atoms with Crippen molar-refractivity contribution in [2.75, 3.05) is 13.1 Å². The highest BCUT2D eigenvalue weighted by Gasteiger charge is 2.21. The first kappa shape index (κ1) is 15.7. The van der Waals surface area contributed by atoms with Crippen molar-refractivity contribution in [2.45, 2.75) is 32.9 Å². The number of rotatable bonds is 5. The van der Waals surface area contributed by atoms with E-state index in [0.717, 1.165) is 50.1 Å². The fraction of sp³-hybridized carbons (Fsp3) is 0.471. The van der Waals surface area contributed by atoms with Crippen LogP contribution in [0.15, 0.2) is 36.7 Å². The van der Waals surface area contributed by atoms with Crippen LogP contribution in [0.1, 0.15) is 24.0 Å². The molecule has 0 unspecified atom stereocenters. The molecule has 6 heteroatoms. The number of nitrogens with zero attached hydrogens (tertiary/aromatic N) is 4. The molecular formula is C17H22N4O2. The lowest BCUT2D eigenvalue weighted by Crippen LogP contribution is -2.34. The minimum Gasteiger partial charge on any atom is -0.299 e. The molecule has 1 saturated heterocycles. The molecule has 0 aliphatic carbocycles. The van der Waals surface area contributed by atoms with Gasteiger partial charge in [0.25, 0.3) is 5.69 Å². The van der Waals surface area contributed by atoms with Crippen molar-refractivity contribution in [3.8, 4) is 0 Å². The van der Waals surface area contributed by atoms with Gasteiger partial charge in [-0.3, -0.25) is 19.7 Å². The summed E-state index contributed by atoms with van der Waals surface area (Å²) in [6, 6.07) is 7.32. The first-order chi connectivity index (χ1) is 11.1. The average molecular weight is 314 g/mol. The normalized spacial score (nSPS) is 16.6. The Hall–Kier alpha value is -2.21. The van der Waals surface area contributed by atoms with Gasteiger partial charge in [-0.15, -0.1) is 0 Å². The van der Waals surface area contributed by atoms with E-state index in [0.29, 0.717) is 5.92 Å². The second kappa shape index (κ2) is 6.91. The Morgan fingerprint density at radius 2 is 2.09 bits per heavy atom. The summed E-state index contributed by atoms with van der Waals surface area (Å²) in [5.74, 6) is 0.664. The van der Waals surface area contributed by atoms with Gasteiger partial charge in [0, 0.05) is 37.1 Å². The Labute approximate surface area is 135 Å². The fourth-order valence-corrected chi connectivity index (χ4v) is 3.28. The third-order valence-electron chi connectivity index (χ3n) is 4.72. The van der Waals surface area contributed by atoms with Crippen molar-refractivity contribution in [3.63, 3.8) is 0 Å². The maximum absolute atomic E-state index is 11.0. The maximum Gasteiger partial charge on any atom is 0.272 e. The Morgan fingerprint density at radius 1 is 1.30 bits per heavy atom. The maximum atomic E-state index is 11.0. The lowest BCUT2D eigenvalue weighted by Gasteiger charge is -2.32. The van der Waals surface area contributed by atoms with Crippen LogP contribution in [-0.2, 0) is 13.1 Å². The van der Waals surface area contributed by atoms with Crippen LogP contribution in [0, 0.1) is 23.0 Å². The van der Waals surface area contributed by atoms with Gasteiger partial charge in [0.15, 0.2) is 0 Å². The molecule has 122 valence electrons. The molecule has 1 aliphatic heterocycles. The minimum absolute atomic E-state index is 0.219. The van der Waals surface area contributed by atoms with Crippen LogP contribution in [0.5, 0.6) is 0 Å². The molecule has 1 aromatic carbocycles. The van der Waals surface area contributed by atoms with Crippen LogP contribution in [0.2, 0.25) is 0 Å². The predicted molar refractivity (Wildman–Crippen MR) is 88.1 cm³/mol. The first-order valence-corrected chi connectivity index (χ1v) is 8.06. The van der Waals surface area contributed by atoms with Gasteiger partial charge in [0.05, 0.1) is 4.92 Å². The summed E-state index contributed by atoms with van der Waals surface area (Å²) >= 11 is 0. The quantitative estimate of drug-likeness (QED) is 0.628. The molecule has 0 spiro atoms. The molecule has 0 bridgehead atoms. The second-order valence-electron chi connectivity index (χ2n) is 6.27. The Morgan fingerprint density at radius 3 is 2.74 bits per heavy atom. The molecule has 0 N–H and O–H groups in total. The van der Waals surface area contributed by atoms with Crippen LogP contribution < -0.4 is 0 Å². The van der Waals surface area contributed by atoms with E-state index in [1.54, 1.807) is 12.1 Å². The highest BCUT2D eigenvalue weighted by atomic mass is 16.6. The van der Waals surface area contributed by atoms with Gasteiger partial charge in [-0.1, -0.05) is 12.1 Å². The summed E-state index contributed by atoms with van der Waals surface area (Å²) in [6.45, 7) is 5.69. The fourth-order valence-electron chi connectivity index (χ4n) is 3.28. The lowest BCUT2D eigenvalue weighted by molar-refractivity contribution is -0.385.